The lowest BCUT2D eigenvalue weighted by atomic mass is 10.2. The standard InChI is InChI=1S/C9H20O2Si/c1-10-8-12(2,3)9-6-4-5-7-11-9/h9H,4-8H2,1-3H3. The van der Waals surface area contributed by atoms with Gasteiger partial charge in [0.2, 0.25) is 0 Å². The van der Waals surface area contributed by atoms with Crippen molar-refractivity contribution >= 4 is 8.07 Å². The monoisotopic (exact) mass is 188 g/mol. The normalized spacial score (nSPS) is 25.8. The first-order chi connectivity index (χ1) is 5.67. The summed E-state index contributed by atoms with van der Waals surface area (Å²) in [6.07, 6.45) is 4.76. The summed E-state index contributed by atoms with van der Waals surface area (Å²) in [5.74, 6) is 0. The quantitative estimate of drug-likeness (QED) is 0.631. The van der Waals surface area contributed by atoms with Gasteiger partial charge in [0.1, 0.15) is 8.07 Å². The molecule has 1 rings (SSSR count). The smallest absolute Gasteiger partial charge is 0.111 e. The number of rotatable bonds is 3. The van der Waals surface area contributed by atoms with Crippen molar-refractivity contribution in [2.24, 2.45) is 0 Å². The SMILES string of the molecule is COC[Si](C)(C)C1CCCCO1. The average Bonchev–Trinajstić information content (AvgIpc) is 2.06. The molecule has 0 saturated carbocycles. The van der Waals surface area contributed by atoms with E-state index in [0.717, 1.165) is 12.8 Å². The van der Waals surface area contributed by atoms with Crippen molar-refractivity contribution in [1.82, 2.24) is 0 Å². The van der Waals surface area contributed by atoms with Crippen molar-refractivity contribution in [3.05, 3.63) is 0 Å². The molecule has 3 heteroatoms. The van der Waals surface area contributed by atoms with E-state index in [-0.39, 0.29) is 0 Å². The molecular weight excluding hydrogens is 168 g/mol. The molecule has 0 spiro atoms. The van der Waals surface area contributed by atoms with Crippen LogP contribution in [0.25, 0.3) is 0 Å². The van der Waals surface area contributed by atoms with E-state index in [1.807, 2.05) is 0 Å². The summed E-state index contributed by atoms with van der Waals surface area (Å²) in [4.78, 5) is 0. The predicted octanol–water partition coefficient (Wildman–Crippen LogP) is 1.99. The van der Waals surface area contributed by atoms with E-state index in [1.165, 1.54) is 19.3 Å². The lowest BCUT2D eigenvalue weighted by molar-refractivity contribution is 0.0564. The summed E-state index contributed by atoms with van der Waals surface area (Å²) in [6, 6.07) is 0. The molecule has 72 valence electrons. The molecule has 1 heterocycles. The Morgan fingerprint density at radius 3 is 2.67 bits per heavy atom. The zero-order valence-corrected chi connectivity index (χ0v) is 9.43. The van der Waals surface area contributed by atoms with E-state index >= 15 is 0 Å². The summed E-state index contributed by atoms with van der Waals surface area (Å²) in [7, 11) is 0.542. The van der Waals surface area contributed by atoms with Gasteiger partial charge in [-0.05, 0) is 19.3 Å². The summed E-state index contributed by atoms with van der Waals surface area (Å²) in [5, 5.41) is 0. The Balaban J connectivity index is 2.41. The summed E-state index contributed by atoms with van der Waals surface area (Å²) < 4.78 is 11.0. The molecule has 0 aliphatic carbocycles. The molecule has 0 amide bonds. The van der Waals surface area contributed by atoms with Gasteiger partial charge in [0.25, 0.3) is 0 Å². The van der Waals surface area contributed by atoms with Gasteiger partial charge in [-0.1, -0.05) is 13.1 Å². The maximum Gasteiger partial charge on any atom is 0.111 e. The largest absolute Gasteiger partial charge is 0.388 e. The first-order valence-corrected chi connectivity index (χ1v) is 8.06. The van der Waals surface area contributed by atoms with E-state index in [9.17, 15) is 0 Å². The number of hydrogen-bond acceptors (Lipinski definition) is 2. The van der Waals surface area contributed by atoms with Crippen LogP contribution in [0.5, 0.6) is 0 Å². The maximum atomic E-state index is 5.78. The van der Waals surface area contributed by atoms with Crippen molar-refractivity contribution in [3.63, 3.8) is 0 Å². The Labute approximate surface area is 76.3 Å². The fourth-order valence-electron chi connectivity index (χ4n) is 1.82. The molecule has 1 unspecified atom stereocenters. The minimum Gasteiger partial charge on any atom is -0.388 e. The van der Waals surface area contributed by atoms with E-state index < -0.39 is 8.07 Å². The summed E-state index contributed by atoms with van der Waals surface area (Å²) >= 11 is 0. The third-order valence-corrected chi connectivity index (χ3v) is 5.80. The highest BCUT2D eigenvalue weighted by Gasteiger charge is 2.33. The molecule has 0 aromatic carbocycles. The maximum absolute atomic E-state index is 5.78. The molecule has 0 aromatic heterocycles. The molecule has 0 aromatic rings. The van der Waals surface area contributed by atoms with Crippen molar-refractivity contribution in [2.75, 3.05) is 19.9 Å². The molecule has 0 radical (unpaired) electrons. The molecular formula is C9H20O2Si. The zero-order valence-electron chi connectivity index (χ0n) is 8.43. The fraction of sp³-hybridized carbons (Fsp3) is 1.00. The van der Waals surface area contributed by atoms with Crippen molar-refractivity contribution < 1.29 is 9.47 Å². The molecule has 12 heavy (non-hydrogen) atoms. The Kier molecular flexibility index (Phi) is 3.74. The van der Waals surface area contributed by atoms with Crippen LogP contribution in [0, 0.1) is 0 Å². The molecule has 1 fully saturated rings. The van der Waals surface area contributed by atoms with Crippen LogP contribution in [0.1, 0.15) is 19.3 Å². The minimum atomic E-state index is -1.25. The molecule has 0 N–H and O–H groups in total. The Morgan fingerprint density at radius 1 is 1.42 bits per heavy atom. The Morgan fingerprint density at radius 2 is 2.17 bits per heavy atom. The van der Waals surface area contributed by atoms with Gasteiger partial charge >= 0.3 is 0 Å². The van der Waals surface area contributed by atoms with Gasteiger partial charge in [-0.3, -0.25) is 0 Å². The average molecular weight is 188 g/mol. The first kappa shape index (κ1) is 10.2. The second-order valence-corrected chi connectivity index (χ2v) is 9.19. The summed E-state index contributed by atoms with van der Waals surface area (Å²) in [5.41, 5.74) is 0.534. The first-order valence-electron chi connectivity index (χ1n) is 4.77. The van der Waals surface area contributed by atoms with E-state index in [0.29, 0.717) is 5.73 Å². The molecule has 1 aliphatic rings. The van der Waals surface area contributed by atoms with Gasteiger partial charge < -0.3 is 9.47 Å². The second kappa shape index (κ2) is 4.39. The lowest BCUT2D eigenvalue weighted by Gasteiger charge is -2.34. The third-order valence-electron chi connectivity index (χ3n) is 2.57. The number of hydrogen-bond donors (Lipinski definition) is 0. The van der Waals surface area contributed by atoms with Crippen molar-refractivity contribution in [2.45, 2.75) is 38.1 Å². The third kappa shape index (κ3) is 2.57. The van der Waals surface area contributed by atoms with Gasteiger partial charge in [-0.15, -0.1) is 0 Å². The highest BCUT2D eigenvalue weighted by atomic mass is 28.3. The van der Waals surface area contributed by atoms with Crippen molar-refractivity contribution in [3.8, 4) is 0 Å². The van der Waals surface area contributed by atoms with E-state index in [2.05, 4.69) is 13.1 Å². The highest BCUT2D eigenvalue weighted by molar-refractivity contribution is 6.78. The van der Waals surface area contributed by atoms with Crippen LogP contribution >= 0.6 is 0 Å². The molecule has 1 aliphatic heterocycles. The number of methoxy groups -OCH3 is 1. The molecule has 2 nitrogen and oxygen atoms in total. The Bertz CT molecular complexity index is 130. The van der Waals surface area contributed by atoms with Gasteiger partial charge in [-0.2, -0.15) is 0 Å². The van der Waals surface area contributed by atoms with E-state index in [1.54, 1.807) is 7.11 Å². The van der Waals surface area contributed by atoms with Gasteiger partial charge in [0.15, 0.2) is 0 Å². The van der Waals surface area contributed by atoms with Crippen LogP contribution in [0.2, 0.25) is 13.1 Å². The predicted molar refractivity (Wildman–Crippen MR) is 52.9 cm³/mol. The molecule has 1 saturated heterocycles. The summed E-state index contributed by atoms with van der Waals surface area (Å²) in [6.45, 7) is 5.67. The van der Waals surface area contributed by atoms with Crippen LogP contribution in [-0.4, -0.2) is 33.7 Å². The van der Waals surface area contributed by atoms with Crippen LogP contribution < -0.4 is 0 Å². The Hall–Kier alpha value is 0.137. The van der Waals surface area contributed by atoms with Gasteiger partial charge in [0.05, 0.1) is 5.73 Å². The van der Waals surface area contributed by atoms with E-state index in [4.69, 9.17) is 9.47 Å². The van der Waals surface area contributed by atoms with Gasteiger partial charge in [0, 0.05) is 19.9 Å². The van der Waals surface area contributed by atoms with Crippen LogP contribution in [0.15, 0.2) is 0 Å². The zero-order chi connectivity index (χ0) is 9.03. The van der Waals surface area contributed by atoms with Gasteiger partial charge in [-0.25, -0.2) is 0 Å². The minimum absolute atomic E-state index is 0.534. The number of ether oxygens (including phenoxy) is 2. The molecule has 1 atom stereocenters. The highest BCUT2D eigenvalue weighted by Crippen LogP contribution is 2.22. The molecule has 0 bridgehead atoms. The van der Waals surface area contributed by atoms with Crippen LogP contribution in [0.4, 0.5) is 0 Å². The van der Waals surface area contributed by atoms with Crippen LogP contribution in [0.3, 0.4) is 0 Å². The fourth-order valence-corrected chi connectivity index (χ4v) is 4.31. The topological polar surface area (TPSA) is 18.5 Å². The van der Waals surface area contributed by atoms with Crippen molar-refractivity contribution in [1.29, 1.82) is 0 Å². The second-order valence-electron chi connectivity index (χ2n) is 4.28. The van der Waals surface area contributed by atoms with Crippen LogP contribution in [-0.2, 0) is 9.47 Å². The lowest BCUT2D eigenvalue weighted by Crippen LogP contribution is -2.49.